The Balaban J connectivity index is 0.00000243. The summed E-state index contributed by atoms with van der Waals surface area (Å²) in [5.41, 5.74) is 3.81. The largest absolute Gasteiger partial charge is 0.358 e. The van der Waals surface area contributed by atoms with Crippen molar-refractivity contribution in [1.29, 1.82) is 0 Å². The molecule has 0 aliphatic carbocycles. The fourth-order valence-corrected chi connectivity index (χ4v) is 3.10. The Kier molecular flexibility index (Phi) is 8.03. The molecule has 2 heterocycles. The lowest BCUT2D eigenvalue weighted by Crippen LogP contribution is -2.39. The molecule has 3 aromatic rings. The van der Waals surface area contributed by atoms with Crippen LogP contribution >= 0.6 is 24.0 Å². The Bertz CT molecular complexity index is 820. The summed E-state index contributed by atoms with van der Waals surface area (Å²) in [5, 5.41) is 8.02. The van der Waals surface area contributed by atoms with E-state index in [1.54, 1.807) is 0 Å². The van der Waals surface area contributed by atoms with E-state index in [1.165, 1.54) is 22.2 Å². The molecule has 1 aromatic carbocycles. The molecule has 26 heavy (non-hydrogen) atoms. The Labute approximate surface area is 172 Å². The highest BCUT2D eigenvalue weighted by atomic mass is 127. The van der Waals surface area contributed by atoms with Crippen LogP contribution in [0.5, 0.6) is 0 Å². The van der Waals surface area contributed by atoms with Crippen molar-refractivity contribution < 1.29 is 0 Å². The smallest absolute Gasteiger partial charge is 0.191 e. The molecule has 2 aromatic heterocycles. The number of aliphatic imine (C=N–C) groups is 1. The van der Waals surface area contributed by atoms with E-state index in [4.69, 9.17) is 4.99 Å². The van der Waals surface area contributed by atoms with E-state index in [0.717, 1.165) is 38.6 Å². The maximum absolute atomic E-state index is 4.73. The summed E-state index contributed by atoms with van der Waals surface area (Å²) in [5.74, 6) is 0.882. The first-order chi connectivity index (χ1) is 12.3. The van der Waals surface area contributed by atoms with Gasteiger partial charge in [-0.15, -0.1) is 24.0 Å². The lowest BCUT2D eigenvalue weighted by atomic mass is 10.1. The third-order valence-electron chi connectivity index (χ3n) is 4.33. The predicted octanol–water partition coefficient (Wildman–Crippen LogP) is 3.69. The predicted molar refractivity (Wildman–Crippen MR) is 121 cm³/mol. The van der Waals surface area contributed by atoms with Gasteiger partial charge in [0.15, 0.2) is 5.96 Å². The van der Waals surface area contributed by atoms with E-state index in [2.05, 4.69) is 70.7 Å². The molecule has 6 heteroatoms. The van der Waals surface area contributed by atoms with Crippen molar-refractivity contribution in [3.63, 3.8) is 0 Å². The summed E-state index contributed by atoms with van der Waals surface area (Å²) in [6.45, 7) is 7.64. The van der Waals surface area contributed by atoms with Gasteiger partial charge in [-0.2, -0.15) is 0 Å². The number of hydrogen-bond donors (Lipinski definition) is 3. The number of H-pyrrole nitrogens is 1. The van der Waals surface area contributed by atoms with E-state index in [9.17, 15) is 0 Å². The van der Waals surface area contributed by atoms with Crippen molar-refractivity contribution in [3.8, 4) is 0 Å². The van der Waals surface area contributed by atoms with Crippen LogP contribution in [0.4, 0.5) is 0 Å². The number of hydrogen-bond acceptors (Lipinski definition) is 1. The Morgan fingerprint density at radius 1 is 1.12 bits per heavy atom. The molecule has 0 aliphatic rings. The zero-order valence-corrected chi connectivity index (χ0v) is 17.8. The number of aromatic nitrogens is 2. The first kappa shape index (κ1) is 20.4. The standard InChI is InChI=1S/C20H27N5.HI/c1-3-21-20(23-12-15-25-13-6-7-14-25)22-11-10-17-16(2)24-19-9-5-4-8-18(17)19;/h4-9,13-14,24H,3,10-12,15H2,1-2H3,(H2,21,22,23);1H. The van der Waals surface area contributed by atoms with E-state index >= 15 is 0 Å². The SMILES string of the molecule is CCNC(=NCCc1c(C)[nH]c2ccccc12)NCCn1cccc1.I. The number of guanidine groups is 1. The fourth-order valence-electron chi connectivity index (χ4n) is 3.10. The minimum atomic E-state index is 0. The molecule has 0 fully saturated rings. The minimum Gasteiger partial charge on any atom is -0.358 e. The van der Waals surface area contributed by atoms with Crippen LogP contribution in [-0.4, -0.2) is 35.1 Å². The first-order valence-corrected chi connectivity index (χ1v) is 8.97. The molecule has 3 N–H and O–H groups in total. The summed E-state index contributed by atoms with van der Waals surface area (Å²) in [6, 6.07) is 12.6. The van der Waals surface area contributed by atoms with Crippen LogP contribution in [0, 0.1) is 6.92 Å². The lowest BCUT2D eigenvalue weighted by Gasteiger charge is -2.11. The highest BCUT2D eigenvalue weighted by Crippen LogP contribution is 2.22. The molecule has 0 amide bonds. The molecule has 0 spiro atoms. The topological polar surface area (TPSA) is 57.1 Å². The van der Waals surface area contributed by atoms with Crippen LogP contribution in [0.3, 0.4) is 0 Å². The molecule has 0 saturated carbocycles. The molecule has 0 aliphatic heterocycles. The number of aryl methyl sites for hydroxylation is 1. The van der Waals surface area contributed by atoms with Gasteiger partial charge in [-0.1, -0.05) is 18.2 Å². The van der Waals surface area contributed by atoms with Crippen LogP contribution < -0.4 is 10.6 Å². The Hall–Kier alpha value is -1.96. The monoisotopic (exact) mass is 465 g/mol. The van der Waals surface area contributed by atoms with Crippen LogP contribution in [0.15, 0.2) is 53.8 Å². The molecular formula is C20H28IN5. The molecule has 0 unspecified atom stereocenters. The van der Waals surface area contributed by atoms with Gasteiger partial charge in [0, 0.05) is 55.2 Å². The number of rotatable bonds is 7. The van der Waals surface area contributed by atoms with E-state index in [1.807, 2.05) is 12.1 Å². The first-order valence-electron chi connectivity index (χ1n) is 8.97. The second-order valence-corrected chi connectivity index (χ2v) is 6.13. The van der Waals surface area contributed by atoms with E-state index in [-0.39, 0.29) is 24.0 Å². The number of fused-ring (bicyclic) bond motifs is 1. The van der Waals surface area contributed by atoms with Crippen LogP contribution in [0.2, 0.25) is 0 Å². The third-order valence-corrected chi connectivity index (χ3v) is 4.33. The number of para-hydroxylation sites is 1. The third kappa shape index (κ3) is 5.27. The molecule has 0 radical (unpaired) electrons. The van der Waals surface area contributed by atoms with Gasteiger partial charge in [0.05, 0.1) is 0 Å². The molecule has 140 valence electrons. The fraction of sp³-hybridized carbons (Fsp3) is 0.350. The summed E-state index contributed by atoms with van der Waals surface area (Å²) < 4.78 is 2.16. The summed E-state index contributed by atoms with van der Waals surface area (Å²) in [6.07, 6.45) is 5.08. The highest BCUT2D eigenvalue weighted by molar-refractivity contribution is 14.0. The van der Waals surface area contributed by atoms with Crippen molar-refractivity contribution >= 4 is 40.8 Å². The molecule has 3 rings (SSSR count). The summed E-state index contributed by atoms with van der Waals surface area (Å²) in [4.78, 5) is 8.18. The second kappa shape index (κ2) is 10.3. The number of aromatic amines is 1. The normalized spacial score (nSPS) is 11.4. The molecule has 0 bridgehead atoms. The van der Waals surface area contributed by atoms with Crippen molar-refractivity contribution in [1.82, 2.24) is 20.2 Å². The average Bonchev–Trinajstić information content (AvgIpc) is 3.23. The van der Waals surface area contributed by atoms with Gasteiger partial charge in [0.1, 0.15) is 0 Å². The van der Waals surface area contributed by atoms with Crippen LogP contribution in [0.1, 0.15) is 18.2 Å². The van der Waals surface area contributed by atoms with Gasteiger partial charge in [-0.25, -0.2) is 0 Å². The van der Waals surface area contributed by atoms with E-state index in [0.29, 0.717) is 0 Å². The molecular weight excluding hydrogens is 437 g/mol. The maximum Gasteiger partial charge on any atom is 0.191 e. The lowest BCUT2D eigenvalue weighted by molar-refractivity contribution is 0.665. The number of nitrogens with one attached hydrogen (secondary N) is 3. The number of nitrogens with zero attached hydrogens (tertiary/aromatic N) is 2. The molecule has 5 nitrogen and oxygen atoms in total. The van der Waals surface area contributed by atoms with Crippen molar-refractivity contribution in [3.05, 3.63) is 60.0 Å². The van der Waals surface area contributed by atoms with Gasteiger partial charge >= 0.3 is 0 Å². The van der Waals surface area contributed by atoms with Gasteiger partial charge in [0.25, 0.3) is 0 Å². The quantitative estimate of drug-likeness (QED) is 0.283. The van der Waals surface area contributed by atoms with Gasteiger partial charge in [0.2, 0.25) is 0 Å². The summed E-state index contributed by atoms with van der Waals surface area (Å²) >= 11 is 0. The van der Waals surface area contributed by atoms with Gasteiger partial charge < -0.3 is 20.2 Å². The van der Waals surface area contributed by atoms with Crippen molar-refractivity contribution in [2.45, 2.75) is 26.8 Å². The number of halogens is 1. The van der Waals surface area contributed by atoms with Crippen LogP contribution in [-0.2, 0) is 13.0 Å². The zero-order valence-electron chi connectivity index (χ0n) is 15.5. The average molecular weight is 465 g/mol. The molecule has 0 saturated heterocycles. The van der Waals surface area contributed by atoms with Gasteiger partial charge in [-0.05, 0) is 44.0 Å². The number of benzene rings is 1. The molecule has 0 atom stereocenters. The highest BCUT2D eigenvalue weighted by Gasteiger charge is 2.07. The van der Waals surface area contributed by atoms with Crippen molar-refractivity contribution in [2.24, 2.45) is 4.99 Å². The van der Waals surface area contributed by atoms with Crippen molar-refractivity contribution in [2.75, 3.05) is 19.6 Å². The Morgan fingerprint density at radius 3 is 2.65 bits per heavy atom. The minimum absolute atomic E-state index is 0. The second-order valence-electron chi connectivity index (χ2n) is 6.13. The van der Waals surface area contributed by atoms with Gasteiger partial charge in [-0.3, -0.25) is 4.99 Å². The Morgan fingerprint density at radius 2 is 1.88 bits per heavy atom. The van der Waals surface area contributed by atoms with E-state index < -0.39 is 0 Å². The summed E-state index contributed by atoms with van der Waals surface area (Å²) in [7, 11) is 0. The zero-order chi connectivity index (χ0) is 17.5. The van der Waals surface area contributed by atoms with Crippen LogP contribution in [0.25, 0.3) is 10.9 Å². The maximum atomic E-state index is 4.73.